The minimum Gasteiger partial charge on any atom is -0.463 e. The molecule has 1 aromatic rings. The molecule has 0 saturated carbocycles. The lowest BCUT2D eigenvalue weighted by atomic mass is 9.81. The van der Waals surface area contributed by atoms with E-state index in [1.807, 2.05) is 42.5 Å². The van der Waals surface area contributed by atoms with Crippen LogP contribution in [-0.4, -0.2) is 22.9 Å². The molecule has 26 heavy (non-hydrogen) atoms. The number of esters is 1. The van der Waals surface area contributed by atoms with Crippen LogP contribution in [0.5, 0.6) is 0 Å². The summed E-state index contributed by atoms with van der Waals surface area (Å²) in [5.74, 6) is -1.59. The minimum atomic E-state index is -0.684. The summed E-state index contributed by atoms with van der Waals surface area (Å²) in [7, 11) is 0. The van der Waals surface area contributed by atoms with Crippen molar-refractivity contribution in [1.82, 2.24) is 4.90 Å². The average Bonchev–Trinajstić information content (AvgIpc) is 2.66. The quantitative estimate of drug-likeness (QED) is 0.617. The molecule has 0 spiro atoms. The Morgan fingerprint density at radius 3 is 2.58 bits per heavy atom. The first kappa shape index (κ1) is 17.9. The Balaban J connectivity index is 1.87. The number of allylic oxidation sites excluding steroid dienone is 2. The van der Waals surface area contributed by atoms with Crippen LogP contribution in [-0.2, 0) is 14.3 Å². The van der Waals surface area contributed by atoms with Crippen molar-refractivity contribution in [1.29, 1.82) is 5.26 Å². The van der Waals surface area contributed by atoms with Crippen molar-refractivity contribution < 1.29 is 14.3 Å². The third kappa shape index (κ3) is 3.41. The molecule has 1 heterocycles. The van der Waals surface area contributed by atoms with Crippen molar-refractivity contribution in [2.45, 2.75) is 38.8 Å². The lowest BCUT2D eigenvalue weighted by molar-refractivity contribution is -0.158. The molecule has 3 rings (SSSR count). The molecule has 0 N–H and O–H groups in total. The highest BCUT2D eigenvalue weighted by molar-refractivity contribution is 5.88. The van der Waals surface area contributed by atoms with Crippen LogP contribution in [0.1, 0.15) is 43.9 Å². The van der Waals surface area contributed by atoms with Crippen LogP contribution in [0.25, 0.3) is 6.08 Å². The van der Waals surface area contributed by atoms with Crippen LogP contribution in [0.3, 0.4) is 0 Å². The number of nitriles is 1. The van der Waals surface area contributed by atoms with Crippen molar-refractivity contribution in [2.24, 2.45) is 11.8 Å². The van der Waals surface area contributed by atoms with Crippen LogP contribution < -0.4 is 0 Å². The maximum atomic E-state index is 13.2. The van der Waals surface area contributed by atoms with Crippen molar-refractivity contribution in [3.05, 3.63) is 53.7 Å². The van der Waals surface area contributed by atoms with E-state index in [-0.39, 0.29) is 18.0 Å². The highest BCUT2D eigenvalue weighted by Gasteiger charge is 2.40. The number of carbonyl (C=O) groups excluding carboxylic acids is 2. The smallest absolute Gasteiger partial charge is 0.310 e. The monoisotopic (exact) mass is 350 g/mol. The number of benzene rings is 1. The predicted molar refractivity (Wildman–Crippen MR) is 97.3 cm³/mol. The molecule has 1 aliphatic heterocycles. The van der Waals surface area contributed by atoms with Gasteiger partial charge in [-0.15, -0.1) is 0 Å². The minimum absolute atomic E-state index is 0.211. The standard InChI is InChI=1S/C21H22N2O3/c1-14(2)26-21(25)18-10-6-5-9-17(18)20(24)23-12-11-15-7-3-4-8-16(15)19(23)13-22/h3-8,11-12,14,17-19H,9-10H2,1-2H3/t17-,18+,19-/m0/s1. The van der Waals surface area contributed by atoms with Gasteiger partial charge in [-0.25, -0.2) is 0 Å². The van der Waals surface area contributed by atoms with Gasteiger partial charge in [0.2, 0.25) is 5.91 Å². The van der Waals surface area contributed by atoms with Crippen LogP contribution in [0, 0.1) is 23.2 Å². The summed E-state index contributed by atoms with van der Waals surface area (Å²) >= 11 is 0. The molecular weight excluding hydrogens is 328 g/mol. The van der Waals surface area contributed by atoms with Crippen molar-refractivity contribution in [3.8, 4) is 6.07 Å². The van der Waals surface area contributed by atoms with Crippen LogP contribution in [0.15, 0.2) is 42.6 Å². The molecule has 5 heteroatoms. The van der Waals surface area contributed by atoms with Crippen molar-refractivity contribution in [3.63, 3.8) is 0 Å². The van der Waals surface area contributed by atoms with E-state index in [1.54, 1.807) is 20.0 Å². The maximum absolute atomic E-state index is 13.2. The van der Waals surface area contributed by atoms with Crippen LogP contribution in [0.4, 0.5) is 0 Å². The summed E-state index contributed by atoms with van der Waals surface area (Å²) in [6, 6.07) is 9.08. The van der Waals surface area contributed by atoms with E-state index < -0.39 is 17.9 Å². The number of ether oxygens (including phenoxy) is 1. The predicted octanol–water partition coefficient (Wildman–Crippen LogP) is 3.60. The van der Waals surface area contributed by atoms with Gasteiger partial charge in [0.25, 0.3) is 0 Å². The summed E-state index contributed by atoms with van der Waals surface area (Å²) in [4.78, 5) is 27.1. The number of nitrogens with zero attached hydrogens (tertiary/aromatic N) is 2. The van der Waals surface area contributed by atoms with Crippen molar-refractivity contribution >= 4 is 18.0 Å². The molecule has 5 nitrogen and oxygen atoms in total. The average molecular weight is 350 g/mol. The molecule has 1 aromatic carbocycles. The third-order valence-electron chi connectivity index (χ3n) is 4.76. The summed E-state index contributed by atoms with van der Waals surface area (Å²) in [5.41, 5.74) is 1.74. The Hall–Kier alpha value is -2.87. The largest absolute Gasteiger partial charge is 0.463 e. The number of hydrogen-bond donors (Lipinski definition) is 0. The topological polar surface area (TPSA) is 70.4 Å². The van der Waals surface area contributed by atoms with E-state index in [0.717, 1.165) is 11.1 Å². The van der Waals surface area contributed by atoms with Gasteiger partial charge in [0.1, 0.15) is 6.04 Å². The van der Waals surface area contributed by atoms with Gasteiger partial charge in [-0.3, -0.25) is 14.5 Å². The second-order valence-corrected chi connectivity index (χ2v) is 6.86. The Kier molecular flexibility index (Phi) is 5.22. The second kappa shape index (κ2) is 7.57. The normalized spacial score (nSPS) is 24.1. The second-order valence-electron chi connectivity index (χ2n) is 6.86. The summed E-state index contributed by atoms with van der Waals surface area (Å²) in [6.45, 7) is 3.59. The summed E-state index contributed by atoms with van der Waals surface area (Å²) < 4.78 is 5.34. The molecule has 0 unspecified atom stereocenters. The molecule has 0 radical (unpaired) electrons. The molecule has 1 aliphatic carbocycles. The zero-order chi connectivity index (χ0) is 18.7. The Morgan fingerprint density at radius 2 is 1.88 bits per heavy atom. The molecule has 0 aromatic heterocycles. The first-order valence-corrected chi connectivity index (χ1v) is 8.87. The van der Waals surface area contributed by atoms with E-state index in [2.05, 4.69) is 6.07 Å². The molecule has 0 fully saturated rings. The zero-order valence-electron chi connectivity index (χ0n) is 15.0. The molecule has 0 bridgehead atoms. The van der Waals surface area contributed by atoms with Gasteiger partial charge >= 0.3 is 5.97 Å². The Morgan fingerprint density at radius 1 is 1.19 bits per heavy atom. The highest BCUT2D eigenvalue weighted by atomic mass is 16.5. The first-order chi connectivity index (χ1) is 12.5. The Labute approximate surface area is 153 Å². The van der Waals surface area contributed by atoms with E-state index in [1.165, 1.54) is 4.90 Å². The van der Waals surface area contributed by atoms with E-state index in [4.69, 9.17) is 4.74 Å². The third-order valence-corrected chi connectivity index (χ3v) is 4.76. The number of fused-ring (bicyclic) bond motifs is 1. The van der Waals surface area contributed by atoms with E-state index >= 15 is 0 Å². The fourth-order valence-corrected chi connectivity index (χ4v) is 3.50. The van der Waals surface area contributed by atoms with Crippen molar-refractivity contribution in [2.75, 3.05) is 0 Å². The van der Waals surface area contributed by atoms with Gasteiger partial charge in [0, 0.05) is 6.20 Å². The Bertz CT molecular complexity index is 804. The van der Waals surface area contributed by atoms with Gasteiger partial charge in [0.05, 0.1) is 24.0 Å². The lowest BCUT2D eigenvalue weighted by Crippen LogP contribution is -2.42. The van der Waals surface area contributed by atoms with Gasteiger partial charge in [-0.05, 0) is 43.9 Å². The van der Waals surface area contributed by atoms with Gasteiger partial charge < -0.3 is 4.74 Å². The fraction of sp³-hybridized carbons (Fsp3) is 0.381. The molecule has 3 atom stereocenters. The number of amides is 1. The van der Waals surface area contributed by atoms with Gasteiger partial charge in [-0.1, -0.05) is 36.4 Å². The molecule has 0 saturated heterocycles. The molecular formula is C21H22N2O3. The lowest BCUT2D eigenvalue weighted by Gasteiger charge is -2.34. The summed E-state index contributed by atoms with van der Waals surface area (Å²) in [6.07, 6.45) is 8.05. The highest BCUT2D eigenvalue weighted by Crippen LogP contribution is 2.35. The van der Waals surface area contributed by atoms with Gasteiger partial charge in [-0.2, -0.15) is 5.26 Å². The summed E-state index contributed by atoms with van der Waals surface area (Å²) in [5, 5.41) is 9.67. The molecule has 1 amide bonds. The number of carbonyl (C=O) groups is 2. The number of rotatable bonds is 3. The SMILES string of the molecule is CC(C)OC(=O)[C@@H]1CC=CC[C@@H]1C(=O)N1C=Cc2ccccc2[C@@H]1C#N. The van der Waals surface area contributed by atoms with Gasteiger partial charge in [0.15, 0.2) is 0 Å². The van der Waals surface area contributed by atoms with Crippen LogP contribution in [0.2, 0.25) is 0 Å². The maximum Gasteiger partial charge on any atom is 0.310 e. The van der Waals surface area contributed by atoms with Crippen LogP contribution >= 0.6 is 0 Å². The van der Waals surface area contributed by atoms with E-state index in [9.17, 15) is 14.9 Å². The van der Waals surface area contributed by atoms with E-state index in [0.29, 0.717) is 12.8 Å². The first-order valence-electron chi connectivity index (χ1n) is 8.87. The zero-order valence-corrected chi connectivity index (χ0v) is 15.0. The number of hydrogen-bond acceptors (Lipinski definition) is 4. The molecule has 134 valence electrons. The molecule has 2 aliphatic rings. The fourth-order valence-electron chi connectivity index (χ4n) is 3.50.